The highest BCUT2D eigenvalue weighted by molar-refractivity contribution is 4.89. The number of hydrogen-bond donors (Lipinski definition) is 1. The van der Waals surface area contributed by atoms with Gasteiger partial charge in [-0.3, -0.25) is 4.90 Å². The highest BCUT2D eigenvalue weighted by Crippen LogP contribution is 2.25. The quantitative estimate of drug-likeness (QED) is 0.780. The van der Waals surface area contributed by atoms with E-state index in [-0.39, 0.29) is 0 Å². The predicted molar refractivity (Wildman–Crippen MR) is 68.5 cm³/mol. The predicted octanol–water partition coefficient (Wildman–Crippen LogP) is 1.86. The summed E-state index contributed by atoms with van der Waals surface area (Å²) in [6.07, 6.45) is 3.56. The molecular weight excluding hydrogens is 200 g/mol. The van der Waals surface area contributed by atoms with E-state index in [0.29, 0.717) is 24.0 Å². The van der Waals surface area contributed by atoms with E-state index in [1.165, 1.54) is 12.8 Å². The van der Waals surface area contributed by atoms with Crippen LogP contribution in [0.4, 0.5) is 0 Å². The standard InChI is InChI=1S/C13H28N2O/c1-5-6-12(9-16-4)15-8-7-13(14)10(2)11(15)3/h10-13H,5-9,14H2,1-4H3. The molecule has 0 saturated carbocycles. The maximum atomic E-state index is 6.12. The van der Waals surface area contributed by atoms with Crippen molar-refractivity contribution in [2.24, 2.45) is 11.7 Å². The lowest BCUT2D eigenvalue weighted by molar-refractivity contribution is 0.0140. The fourth-order valence-corrected chi connectivity index (χ4v) is 2.81. The topological polar surface area (TPSA) is 38.5 Å². The summed E-state index contributed by atoms with van der Waals surface area (Å²) in [5.74, 6) is 0.588. The highest BCUT2D eigenvalue weighted by atomic mass is 16.5. The molecule has 1 saturated heterocycles. The Morgan fingerprint density at radius 2 is 2.12 bits per heavy atom. The van der Waals surface area contributed by atoms with Gasteiger partial charge in [-0.05, 0) is 25.7 Å². The van der Waals surface area contributed by atoms with Gasteiger partial charge in [0.15, 0.2) is 0 Å². The lowest BCUT2D eigenvalue weighted by atomic mass is 9.86. The van der Waals surface area contributed by atoms with Crippen molar-refractivity contribution in [1.29, 1.82) is 0 Å². The van der Waals surface area contributed by atoms with Crippen LogP contribution in [0, 0.1) is 5.92 Å². The van der Waals surface area contributed by atoms with Crippen LogP contribution in [0.15, 0.2) is 0 Å². The van der Waals surface area contributed by atoms with Crippen molar-refractivity contribution >= 4 is 0 Å². The second-order valence-electron chi connectivity index (χ2n) is 5.19. The Bertz CT molecular complexity index is 192. The second kappa shape index (κ2) is 6.58. The summed E-state index contributed by atoms with van der Waals surface area (Å²) in [6.45, 7) is 8.80. The van der Waals surface area contributed by atoms with Crippen molar-refractivity contribution in [3.63, 3.8) is 0 Å². The first-order valence-corrected chi connectivity index (χ1v) is 6.62. The van der Waals surface area contributed by atoms with E-state index in [9.17, 15) is 0 Å². The van der Waals surface area contributed by atoms with E-state index in [1.807, 2.05) is 0 Å². The third-order valence-corrected chi connectivity index (χ3v) is 4.13. The van der Waals surface area contributed by atoms with Crippen molar-refractivity contribution in [3.05, 3.63) is 0 Å². The second-order valence-corrected chi connectivity index (χ2v) is 5.19. The zero-order valence-electron chi connectivity index (χ0n) is 11.3. The number of piperidine rings is 1. The summed E-state index contributed by atoms with van der Waals surface area (Å²) in [5.41, 5.74) is 6.12. The first-order valence-electron chi connectivity index (χ1n) is 6.62. The summed E-state index contributed by atoms with van der Waals surface area (Å²) >= 11 is 0. The van der Waals surface area contributed by atoms with Gasteiger partial charge in [-0.1, -0.05) is 20.3 Å². The van der Waals surface area contributed by atoms with Gasteiger partial charge in [0, 0.05) is 31.8 Å². The monoisotopic (exact) mass is 228 g/mol. The Morgan fingerprint density at radius 1 is 1.44 bits per heavy atom. The summed E-state index contributed by atoms with van der Waals surface area (Å²) in [7, 11) is 1.80. The molecule has 1 fully saturated rings. The van der Waals surface area contributed by atoms with E-state index in [0.717, 1.165) is 19.6 Å². The molecule has 0 aromatic carbocycles. The number of nitrogens with two attached hydrogens (primary N) is 1. The maximum absolute atomic E-state index is 6.12. The van der Waals surface area contributed by atoms with Crippen LogP contribution in [0.2, 0.25) is 0 Å². The fourth-order valence-electron chi connectivity index (χ4n) is 2.81. The molecule has 2 N–H and O–H groups in total. The number of ether oxygens (including phenoxy) is 1. The number of likely N-dealkylation sites (tertiary alicyclic amines) is 1. The molecule has 1 heterocycles. The largest absolute Gasteiger partial charge is 0.383 e. The molecule has 1 aliphatic rings. The fraction of sp³-hybridized carbons (Fsp3) is 1.00. The molecule has 96 valence electrons. The zero-order chi connectivity index (χ0) is 12.1. The minimum absolute atomic E-state index is 0.371. The number of hydrogen-bond acceptors (Lipinski definition) is 3. The van der Waals surface area contributed by atoms with Gasteiger partial charge in [0.25, 0.3) is 0 Å². The van der Waals surface area contributed by atoms with Crippen LogP contribution in [0.5, 0.6) is 0 Å². The van der Waals surface area contributed by atoms with Crippen molar-refractivity contribution in [2.75, 3.05) is 20.3 Å². The molecular formula is C13H28N2O. The number of nitrogens with zero attached hydrogens (tertiary/aromatic N) is 1. The molecule has 0 aromatic heterocycles. The van der Waals surface area contributed by atoms with Gasteiger partial charge in [0.1, 0.15) is 0 Å². The minimum atomic E-state index is 0.371. The molecule has 3 nitrogen and oxygen atoms in total. The van der Waals surface area contributed by atoms with Crippen LogP contribution in [-0.2, 0) is 4.74 Å². The van der Waals surface area contributed by atoms with Crippen LogP contribution in [-0.4, -0.2) is 43.3 Å². The van der Waals surface area contributed by atoms with Crippen LogP contribution >= 0.6 is 0 Å². The number of methoxy groups -OCH3 is 1. The molecule has 0 spiro atoms. The Balaban J connectivity index is 2.61. The van der Waals surface area contributed by atoms with E-state index in [1.54, 1.807) is 7.11 Å². The van der Waals surface area contributed by atoms with Gasteiger partial charge in [0.2, 0.25) is 0 Å². The Hall–Kier alpha value is -0.120. The van der Waals surface area contributed by atoms with Crippen molar-refractivity contribution in [2.45, 2.75) is 58.2 Å². The third-order valence-electron chi connectivity index (χ3n) is 4.13. The van der Waals surface area contributed by atoms with Gasteiger partial charge >= 0.3 is 0 Å². The number of rotatable bonds is 5. The molecule has 16 heavy (non-hydrogen) atoms. The van der Waals surface area contributed by atoms with Gasteiger partial charge < -0.3 is 10.5 Å². The Labute approximate surface area is 100 Å². The maximum Gasteiger partial charge on any atom is 0.0618 e. The average Bonchev–Trinajstić information content (AvgIpc) is 2.26. The average molecular weight is 228 g/mol. The zero-order valence-corrected chi connectivity index (χ0v) is 11.3. The first kappa shape index (κ1) is 13.9. The molecule has 4 atom stereocenters. The lowest BCUT2D eigenvalue weighted by Gasteiger charge is -2.45. The first-order chi connectivity index (χ1) is 7.61. The highest BCUT2D eigenvalue weighted by Gasteiger charge is 2.33. The van der Waals surface area contributed by atoms with Crippen LogP contribution < -0.4 is 5.73 Å². The SMILES string of the molecule is CCCC(COC)N1CCC(N)C(C)C1C. The molecule has 4 unspecified atom stereocenters. The molecule has 0 aliphatic carbocycles. The summed E-state index contributed by atoms with van der Waals surface area (Å²) in [5, 5.41) is 0. The third kappa shape index (κ3) is 3.19. The van der Waals surface area contributed by atoms with Gasteiger partial charge in [-0.15, -0.1) is 0 Å². The normalized spacial score (nSPS) is 33.9. The lowest BCUT2D eigenvalue weighted by Crippen LogP contribution is -2.56. The summed E-state index contributed by atoms with van der Waals surface area (Å²) in [4.78, 5) is 2.60. The molecule has 0 amide bonds. The van der Waals surface area contributed by atoms with Crippen molar-refractivity contribution < 1.29 is 4.74 Å². The van der Waals surface area contributed by atoms with E-state index >= 15 is 0 Å². The molecule has 1 aliphatic heterocycles. The molecule has 0 radical (unpaired) electrons. The van der Waals surface area contributed by atoms with E-state index < -0.39 is 0 Å². The van der Waals surface area contributed by atoms with Crippen molar-refractivity contribution in [1.82, 2.24) is 4.90 Å². The molecule has 0 aromatic rings. The Kier molecular flexibility index (Phi) is 5.73. The summed E-state index contributed by atoms with van der Waals surface area (Å²) < 4.78 is 5.35. The van der Waals surface area contributed by atoms with Gasteiger partial charge in [-0.25, -0.2) is 0 Å². The molecule has 3 heteroatoms. The molecule has 0 bridgehead atoms. The summed E-state index contributed by atoms with van der Waals surface area (Å²) in [6, 6.07) is 1.52. The molecule has 1 rings (SSSR count). The minimum Gasteiger partial charge on any atom is -0.383 e. The van der Waals surface area contributed by atoms with Crippen LogP contribution in [0.1, 0.15) is 40.0 Å². The van der Waals surface area contributed by atoms with Crippen LogP contribution in [0.25, 0.3) is 0 Å². The van der Waals surface area contributed by atoms with E-state index in [2.05, 4.69) is 25.7 Å². The van der Waals surface area contributed by atoms with Gasteiger partial charge in [0.05, 0.1) is 6.61 Å². The smallest absolute Gasteiger partial charge is 0.0618 e. The van der Waals surface area contributed by atoms with E-state index in [4.69, 9.17) is 10.5 Å². The van der Waals surface area contributed by atoms with Crippen molar-refractivity contribution in [3.8, 4) is 0 Å². The Morgan fingerprint density at radius 3 is 2.69 bits per heavy atom. The van der Waals surface area contributed by atoms with Gasteiger partial charge in [-0.2, -0.15) is 0 Å². The van der Waals surface area contributed by atoms with Crippen LogP contribution in [0.3, 0.4) is 0 Å².